The number of aliphatic imine (C=N–C) groups is 1. The van der Waals surface area contributed by atoms with Crippen LogP contribution in [0.4, 0.5) is 0 Å². The summed E-state index contributed by atoms with van der Waals surface area (Å²) >= 11 is 1.82. The third kappa shape index (κ3) is 5.24. The number of likely N-dealkylation sites (tertiary alicyclic amines) is 1. The lowest BCUT2D eigenvalue weighted by atomic mass is 9.93. The fourth-order valence-corrected chi connectivity index (χ4v) is 3.14. The van der Waals surface area contributed by atoms with Crippen molar-refractivity contribution < 1.29 is 0 Å². The monoisotopic (exact) mass is 407 g/mol. The number of hydrogen-bond acceptors (Lipinski definition) is 2. The second-order valence-electron chi connectivity index (χ2n) is 5.90. The van der Waals surface area contributed by atoms with E-state index in [0.717, 1.165) is 38.6 Å². The van der Waals surface area contributed by atoms with E-state index < -0.39 is 0 Å². The van der Waals surface area contributed by atoms with Crippen LogP contribution in [-0.2, 0) is 6.42 Å². The molecule has 0 spiro atoms. The smallest absolute Gasteiger partial charge is 0.193 e. The summed E-state index contributed by atoms with van der Waals surface area (Å²) in [5.41, 5.74) is 0.421. The van der Waals surface area contributed by atoms with Crippen molar-refractivity contribution in [3.63, 3.8) is 0 Å². The summed E-state index contributed by atoms with van der Waals surface area (Å²) in [6.07, 6.45) is 2.30. The minimum atomic E-state index is 0. The van der Waals surface area contributed by atoms with Crippen LogP contribution >= 0.6 is 35.3 Å². The molecule has 5 heteroatoms. The van der Waals surface area contributed by atoms with Crippen molar-refractivity contribution in [2.75, 3.05) is 26.2 Å². The SMILES string of the molecule is CCNC(=NCCc1cccs1)N1CCC(C)(C)C1.I. The second kappa shape index (κ2) is 8.22. The molecule has 1 aliphatic rings. The molecular weight excluding hydrogens is 381 g/mol. The summed E-state index contributed by atoms with van der Waals surface area (Å²) in [5, 5.41) is 5.55. The van der Waals surface area contributed by atoms with Crippen LogP contribution in [0.3, 0.4) is 0 Å². The van der Waals surface area contributed by atoms with Gasteiger partial charge >= 0.3 is 0 Å². The zero-order valence-electron chi connectivity index (χ0n) is 12.7. The Morgan fingerprint density at radius 3 is 2.85 bits per heavy atom. The number of halogens is 1. The summed E-state index contributed by atoms with van der Waals surface area (Å²) in [7, 11) is 0. The fourth-order valence-electron chi connectivity index (χ4n) is 2.45. The highest BCUT2D eigenvalue weighted by Crippen LogP contribution is 2.28. The van der Waals surface area contributed by atoms with E-state index in [2.05, 4.69) is 48.5 Å². The van der Waals surface area contributed by atoms with Crippen LogP contribution in [0.25, 0.3) is 0 Å². The number of guanidine groups is 1. The van der Waals surface area contributed by atoms with Gasteiger partial charge in [0.25, 0.3) is 0 Å². The molecule has 0 bridgehead atoms. The van der Waals surface area contributed by atoms with Gasteiger partial charge in [0.2, 0.25) is 0 Å². The number of rotatable bonds is 4. The zero-order valence-corrected chi connectivity index (χ0v) is 15.8. The topological polar surface area (TPSA) is 27.6 Å². The lowest BCUT2D eigenvalue weighted by Crippen LogP contribution is -2.40. The Bertz CT molecular complexity index is 415. The Morgan fingerprint density at radius 1 is 1.50 bits per heavy atom. The van der Waals surface area contributed by atoms with Gasteiger partial charge in [0.05, 0.1) is 0 Å². The first-order valence-electron chi connectivity index (χ1n) is 7.16. The first-order chi connectivity index (χ1) is 9.11. The Balaban J connectivity index is 0.00000200. The third-order valence-electron chi connectivity index (χ3n) is 3.51. The maximum atomic E-state index is 4.77. The number of nitrogens with one attached hydrogen (secondary N) is 1. The van der Waals surface area contributed by atoms with E-state index >= 15 is 0 Å². The van der Waals surface area contributed by atoms with Gasteiger partial charge in [0, 0.05) is 37.5 Å². The van der Waals surface area contributed by atoms with Gasteiger partial charge in [-0.1, -0.05) is 19.9 Å². The van der Waals surface area contributed by atoms with Gasteiger partial charge < -0.3 is 10.2 Å². The van der Waals surface area contributed by atoms with Crippen molar-refractivity contribution in [3.05, 3.63) is 22.4 Å². The van der Waals surface area contributed by atoms with Crippen molar-refractivity contribution >= 4 is 41.3 Å². The Hall–Kier alpha value is -0.300. The van der Waals surface area contributed by atoms with Gasteiger partial charge in [-0.05, 0) is 30.2 Å². The Labute approximate surface area is 143 Å². The van der Waals surface area contributed by atoms with Crippen LogP contribution < -0.4 is 5.32 Å². The van der Waals surface area contributed by atoms with E-state index in [-0.39, 0.29) is 24.0 Å². The highest BCUT2D eigenvalue weighted by atomic mass is 127. The van der Waals surface area contributed by atoms with Gasteiger partial charge in [0.1, 0.15) is 0 Å². The Kier molecular flexibility index (Phi) is 7.29. The van der Waals surface area contributed by atoms with Crippen LogP contribution in [0, 0.1) is 5.41 Å². The number of nitrogens with zero attached hydrogens (tertiary/aromatic N) is 2. The normalized spacial score (nSPS) is 17.9. The van der Waals surface area contributed by atoms with Crippen LogP contribution in [0.5, 0.6) is 0 Å². The molecule has 114 valence electrons. The molecule has 1 aromatic heterocycles. The molecule has 0 unspecified atom stereocenters. The summed E-state index contributed by atoms with van der Waals surface area (Å²) in [4.78, 5) is 8.59. The molecule has 20 heavy (non-hydrogen) atoms. The van der Waals surface area contributed by atoms with E-state index in [0.29, 0.717) is 5.41 Å². The molecule has 2 heterocycles. The summed E-state index contributed by atoms with van der Waals surface area (Å²) in [6, 6.07) is 4.30. The molecule has 0 atom stereocenters. The van der Waals surface area contributed by atoms with E-state index in [1.165, 1.54) is 11.3 Å². The van der Waals surface area contributed by atoms with E-state index in [4.69, 9.17) is 4.99 Å². The molecule has 0 saturated carbocycles. The quantitative estimate of drug-likeness (QED) is 0.469. The summed E-state index contributed by atoms with van der Waals surface area (Å²) in [5.74, 6) is 1.09. The van der Waals surface area contributed by atoms with Crippen molar-refractivity contribution in [3.8, 4) is 0 Å². The molecule has 1 saturated heterocycles. The van der Waals surface area contributed by atoms with Gasteiger partial charge in [-0.2, -0.15) is 0 Å². The predicted octanol–water partition coefficient (Wildman–Crippen LogP) is 3.61. The standard InChI is InChI=1S/C15H25N3S.HI/c1-4-16-14(18-10-8-15(2,3)12-18)17-9-7-13-6-5-11-19-13;/h5-6,11H,4,7-10,12H2,1-3H3,(H,16,17);1H. The van der Waals surface area contributed by atoms with E-state index in [1.807, 2.05) is 11.3 Å². The maximum absolute atomic E-state index is 4.77. The lowest BCUT2D eigenvalue weighted by molar-refractivity contribution is 0.370. The van der Waals surface area contributed by atoms with Crippen molar-refractivity contribution in [2.45, 2.75) is 33.6 Å². The number of thiophene rings is 1. The molecule has 1 aliphatic heterocycles. The fraction of sp³-hybridized carbons (Fsp3) is 0.667. The predicted molar refractivity (Wildman–Crippen MR) is 99.4 cm³/mol. The minimum Gasteiger partial charge on any atom is -0.357 e. The molecule has 2 rings (SSSR count). The van der Waals surface area contributed by atoms with Crippen LogP contribution in [-0.4, -0.2) is 37.0 Å². The molecule has 0 aromatic carbocycles. The lowest BCUT2D eigenvalue weighted by Gasteiger charge is -2.23. The first-order valence-corrected chi connectivity index (χ1v) is 8.04. The van der Waals surface area contributed by atoms with Gasteiger partial charge in [-0.25, -0.2) is 0 Å². The Morgan fingerprint density at radius 2 is 2.30 bits per heavy atom. The highest BCUT2D eigenvalue weighted by molar-refractivity contribution is 14.0. The van der Waals surface area contributed by atoms with E-state index in [1.54, 1.807) is 0 Å². The largest absolute Gasteiger partial charge is 0.357 e. The average molecular weight is 407 g/mol. The molecule has 0 radical (unpaired) electrons. The molecule has 1 aromatic rings. The van der Waals surface area contributed by atoms with Gasteiger partial charge in [0.15, 0.2) is 5.96 Å². The molecule has 3 nitrogen and oxygen atoms in total. The molecule has 1 fully saturated rings. The zero-order chi connectivity index (χ0) is 13.7. The molecule has 0 aliphatic carbocycles. The number of hydrogen-bond donors (Lipinski definition) is 1. The highest BCUT2D eigenvalue weighted by Gasteiger charge is 2.30. The first kappa shape index (κ1) is 17.8. The van der Waals surface area contributed by atoms with E-state index in [9.17, 15) is 0 Å². The summed E-state index contributed by atoms with van der Waals surface area (Å²) < 4.78 is 0. The van der Waals surface area contributed by atoms with Gasteiger partial charge in [-0.3, -0.25) is 4.99 Å². The molecule has 1 N–H and O–H groups in total. The van der Waals surface area contributed by atoms with Crippen LogP contribution in [0.15, 0.2) is 22.5 Å². The minimum absolute atomic E-state index is 0. The summed E-state index contributed by atoms with van der Waals surface area (Å²) in [6.45, 7) is 10.9. The molecular formula is C15H26IN3S. The van der Waals surface area contributed by atoms with Crippen molar-refractivity contribution in [1.82, 2.24) is 10.2 Å². The van der Waals surface area contributed by atoms with Crippen molar-refractivity contribution in [1.29, 1.82) is 0 Å². The van der Waals surface area contributed by atoms with Crippen LogP contribution in [0.2, 0.25) is 0 Å². The van der Waals surface area contributed by atoms with Crippen LogP contribution in [0.1, 0.15) is 32.1 Å². The van der Waals surface area contributed by atoms with Gasteiger partial charge in [-0.15, -0.1) is 35.3 Å². The maximum Gasteiger partial charge on any atom is 0.193 e. The average Bonchev–Trinajstić information content (AvgIpc) is 2.97. The molecule has 0 amide bonds. The second-order valence-corrected chi connectivity index (χ2v) is 6.93. The van der Waals surface area contributed by atoms with Crippen molar-refractivity contribution in [2.24, 2.45) is 10.4 Å². The third-order valence-corrected chi connectivity index (χ3v) is 4.45.